The van der Waals surface area contributed by atoms with Gasteiger partial charge in [-0.1, -0.05) is 0 Å². The molecule has 1 aromatic heterocycles. The van der Waals surface area contributed by atoms with Crippen LogP contribution in [0.1, 0.15) is 12.1 Å². The first-order chi connectivity index (χ1) is 13.8. The van der Waals surface area contributed by atoms with Crippen molar-refractivity contribution < 1.29 is 29.4 Å². The lowest BCUT2D eigenvalue weighted by molar-refractivity contribution is -0.142. The highest BCUT2D eigenvalue weighted by Crippen LogP contribution is 2.04. The van der Waals surface area contributed by atoms with Gasteiger partial charge in [-0.05, 0) is 18.4 Å². The molecule has 0 saturated heterocycles. The van der Waals surface area contributed by atoms with Crippen LogP contribution in [-0.2, 0) is 25.6 Å². The maximum absolute atomic E-state index is 12.6. The second kappa shape index (κ2) is 12.7. The Labute approximate surface area is 171 Å². The van der Waals surface area contributed by atoms with E-state index in [9.17, 15) is 29.4 Å². The molecule has 0 aromatic carbocycles. The van der Waals surface area contributed by atoms with Crippen LogP contribution < -0.4 is 21.7 Å². The molecule has 0 bridgehead atoms. The Kier molecular flexibility index (Phi) is 10.7. The van der Waals surface area contributed by atoms with Crippen molar-refractivity contribution in [1.29, 1.82) is 0 Å². The van der Waals surface area contributed by atoms with E-state index < -0.39 is 48.4 Å². The zero-order valence-corrected chi connectivity index (χ0v) is 16.7. The van der Waals surface area contributed by atoms with Crippen molar-refractivity contribution in [2.24, 2.45) is 5.73 Å². The number of aromatic amines is 1. The predicted molar refractivity (Wildman–Crippen MR) is 105 cm³/mol. The number of aliphatic hydroxyl groups excluding tert-OH is 1. The molecular formula is C16H26N6O6S. The lowest BCUT2D eigenvalue weighted by Gasteiger charge is -2.23. The predicted octanol–water partition coefficient (Wildman–Crippen LogP) is -2.80. The van der Waals surface area contributed by atoms with Gasteiger partial charge in [0.15, 0.2) is 0 Å². The monoisotopic (exact) mass is 430 g/mol. The number of imidazole rings is 1. The zero-order chi connectivity index (χ0) is 21.8. The molecule has 13 heteroatoms. The number of H-pyrrole nitrogens is 1. The van der Waals surface area contributed by atoms with Gasteiger partial charge < -0.3 is 36.9 Å². The summed E-state index contributed by atoms with van der Waals surface area (Å²) in [7, 11) is 0. The number of hydrogen-bond donors (Lipinski definition) is 7. The Bertz CT molecular complexity index is 685. The number of carboxylic acid groups (broad SMARTS) is 1. The van der Waals surface area contributed by atoms with E-state index in [0.717, 1.165) is 0 Å². The van der Waals surface area contributed by atoms with Crippen molar-refractivity contribution in [3.05, 3.63) is 18.2 Å². The van der Waals surface area contributed by atoms with Crippen LogP contribution in [-0.4, -0.2) is 87.2 Å². The molecule has 0 aliphatic carbocycles. The first-order valence-corrected chi connectivity index (χ1v) is 10.1. The van der Waals surface area contributed by atoms with Crippen molar-refractivity contribution in [2.75, 3.05) is 25.2 Å². The van der Waals surface area contributed by atoms with Crippen LogP contribution in [0.3, 0.4) is 0 Å². The normalized spacial score (nSPS) is 13.8. The molecule has 0 saturated carbocycles. The SMILES string of the molecule is CSCCC(NC(=O)C(CO)NC(=O)CN)C(=O)NC(Cc1cnc[nH]1)C(=O)O. The van der Waals surface area contributed by atoms with E-state index >= 15 is 0 Å². The lowest BCUT2D eigenvalue weighted by atomic mass is 10.1. The third kappa shape index (κ3) is 8.50. The molecule has 3 atom stereocenters. The largest absolute Gasteiger partial charge is 0.480 e. The van der Waals surface area contributed by atoms with E-state index in [1.54, 1.807) is 0 Å². The highest BCUT2D eigenvalue weighted by Gasteiger charge is 2.29. The summed E-state index contributed by atoms with van der Waals surface area (Å²) < 4.78 is 0. The minimum atomic E-state index is -1.28. The van der Waals surface area contributed by atoms with Crippen LogP contribution in [0, 0.1) is 0 Å². The number of amides is 3. The average molecular weight is 430 g/mol. The van der Waals surface area contributed by atoms with E-state index in [0.29, 0.717) is 11.4 Å². The van der Waals surface area contributed by atoms with Crippen molar-refractivity contribution >= 4 is 35.5 Å². The maximum atomic E-state index is 12.6. The van der Waals surface area contributed by atoms with Crippen LogP contribution in [0.15, 0.2) is 12.5 Å². The first kappa shape index (κ1) is 24.4. The van der Waals surface area contributed by atoms with E-state index in [4.69, 9.17) is 5.73 Å². The summed E-state index contributed by atoms with van der Waals surface area (Å²) in [5.41, 5.74) is 5.69. The van der Waals surface area contributed by atoms with Crippen LogP contribution in [0.5, 0.6) is 0 Å². The van der Waals surface area contributed by atoms with Crippen molar-refractivity contribution in [3.63, 3.8) is 0 Å². The number of thioether (sulfide) groups is 1. The maximum Gasteiger partial charge on any atom is 0.326 e. The molecule has 162 valence electrons. The van der Waals surface area contributed by atoms with E-state index in [-0.39, 0.29) is 19.4 Å². The van der Waals surface area contributed by atoms with Crippen LogP contribution >= 0.6 is 11.8 Å². The van der Waals surface area contributed by atoms with Crippen molar-refractivity contribution in [2.45, 2.75) is 31.0 Å². The first-order valence-electron chi connectivity index (χ1n) is 8.72. The van der Waals surface area contributed by atoms with Crippen molar-refractivity contribution in [3.8, 4) is 0 Å². The summed E-state index contributed by atoms with van der Waals surface area (Å²) in [6, 6.07) is -3.57. The molecule has 1 rings (SSSR count). The molecule has 12 nitrogen and oxygen atoms in total. The topological polar surface area (TPSA) is 200 Å². The second-order valence-electron chi connectivity index (χ2n) is 6.03. The van der Waals surface area contributed by atoms with Gasteiger partial charge in [0.25, 0.3) is 0 Å². The molecule has 0 spiro atoms. The highest BCUT2D eigenvalue weighted by atomic mass is 32.2. The highest BCUT2D eigenvalue weighted by molar-refractivity contribution is 7.98. The summed E-state index contributed by atoms with van der Waals surface area (Å²) >= 11 is 1.44. The number of hydrogen-bond acceptors (Lipinski definition) is 8. The Morgan fingerprint density at radius 3 is 2.34 bits per heavy atom. The fourth-order valence-corrected chi connectivity index (χ4v) is 2.78. The van der Waals surface area contributed by atoms with Gasteiger partial charge in [0.05, 0.1) is 19.5 Å². The fraction of sp³-hybridized carbons (Fsp3) is 0.562. The summed E-state index contributed by atoms with van der Waals surface area (Å²) in [5.74, 6) is -2.85. The number of rotatable bonds is 13. The van der Waals surface area contributed by atoms with Gasteiger partial charge in [-0.3, -0.25) is 14.4 Å². The van der Waals surface area contributed by atoms with Gasteiger partial charge in [-0.25, -0.2) is 9.78 Å². The van der Waals surface area contributed by atoms with Crippen LogP contribution in [0.2, 0.25) is 0 Å². The molecule has 29 heavy (non-hydrogen) atoms. The minimum absolute atomic E-state index is 0.0178. The van der Waals surface area contributed by atoms with Gasteiger partial charge >= 0.3 is 5.97 Å². The standard InChI is InChI=1S/C16H26N6O6S/c1-29-3-2-10(21-15(26)12(7-23)20-13(24)5-17)14(25)22-11(16(27)28)4-9-6-18-8-19-9/h6,8,10-12,23H,2-5,7,17H2,1H3,(H,18,19)(H,20,24)(H,21,26)(H,22,25)(H,27,28). The van der Waals surface area contributed by atoms with Crippen molar-refractivity contribution in [1.82, 2.24) is 25.9 Å². The van der Waals surface area contributed by atoms with Crippen LogP contribution in [0.4, 0.5) is 0 Å². The third-order valence-electron chi connectivity index (χ3n) is 3.86. The molecule has 8 N–H and O–H groups in total. The van der Waals surface area contributed by atoms with E-state index in [1.807, 2.05) is 6.26 Å². The molecule has 3 unspecified atom stereocenters. The molecule has 1 aromatic rings. The Balaban J connectivity index is 2.82. The summed E-state index contributed by atoms with van der Waals surface area (Å²) in [4.78, 5) is 54.4. The van der Waals surface area contributed by atoms with Crippen LogP contribution in [0.25, 0.3) is 0 Å². The number of aliphatic carboxylic acids is 1. The number of nitrogens with one attached hydrogen (secondary N) is 4. The molecule has 0 aliphatic rings. The number of nitrogens with zero attached hydrogens (tertiary/aromatic N) is 1. The summed E-state index contributed by atoms with van der Waals surface area (Å²) in [5, 5.41) is 25.8. The smallest absolute Gasteiger partial charge is 0.326 e. The number of carbonyl (C=O) groups excluding carboxylic acids is 3. The zero-order valence-electron chi connectivity index (χ0n) is 15.9. The van der Waals surface area contributed by atoms with E-state index in [1.165, 1.54) is 24.3 Å². The van der Waals surface area contributed by atoms with Gasteiger partial charge in [-0.15, -0.1) is 0 Å². The molecule has 1 heterocycles. The number of carboxylic acids is 1. The molecule has 0 radical (unpaired) electrons. The van der Waals surface area contributed by atoms with Gasteiger partial charge in [-0.2, -0.15) is 11.8 Å². The van der Waals surface area contributed by atoms with Gasteiger partial charge in [0, 0.05) is 18.3 Å². The quantitative estimate of drug-likeness (QED) is 0.173. The number of aromatic nitrogens is 2. The average Bonchev–Trinajstić information content (AvgIpc) is 3.21. The minimum Gasteiger partial charge on any atom is -0.480 e. The molecule has 0 aliphatic heterocycles. The lowest BCUT2D eigenvalue weighted by Crippen LogP contribution is -2.57. The Morgan fingerprint density at radius 1 is 1.17 bits per heavy atom. The van der Waals surface area contributed by atoms with Gasteiger partial charge in [0.2, 0.25) is 17.7 Å². The third-order valence-corrected chi connectivity index (χ3v) is 4.50. The summed E-state index contributed by atoms with van der Waals surface area (Å²) in [6.45, 7) is -1.06. The Hall–Kier alpha value is -2.64. The summed E-state index contributed by atoms with van der Waals surface area (Å²) in [6.07, 6.45) is 4.85. The molecule has 3 amide bonds. The number of aliphatic hydroxyl groups is 1. The molecular weight excluding hydrogens is 404 g/mol. The van der Waals surface area contributed by atoms with Gasteiger partial charge in [0.1, 0.15) is 18.1 Å². The Morgan fingerprint density at radius 2 is 1.83 bits per heavy atom. The second-order valence-corrected chi connectivity index (χ2v) is 7.02. The number of carbonyl (C=O) groups is 4. The molecule has 0 fully saturated rings. The van der Waals surface area contributed by atoms with E-state index in [2.05, 4.69) is 25.9 Å². The number of nitrogens with two attached hydrogens (primary N) is 1. The fourth-order valence-electron chi connectivity index (χ4n) is 2.31.